The maximum absolute atomic E-state index is 6.37. The van der Waals surface area contributed by atoms with Crippen molar-refractivity contribution in [2.45, 2.75) is 0 Å². The van der Waals surface area contributed by atoms with Crippen LogP contribution in [0.5, 0.6) is 0 Å². The SMILES string of the molecule is c1ccc(-c2cc(-c3ccc(-n4c5ccccc5c5ccccc54)cc3)nc(-c3cccc4c3oc3ccccc34)n2)cc1. The number of fused-ring (bicyclic) bond motifs is 6. The number of rotatable bonds is 4. The molecule has 9 aromatic rings. The van der Waals surface area contributed by atoms with Crippen LogP contribution in [0, 0.1) is 0 Å². The van der Waals surface area contributed by atoms with E-state index < -0.39 is 0 Å². The van der Waals surface area contributed by atoms with E-state index in [1.165, 1.54) is 21.8 Å². The van der Waals surface area contributed by atoms with Gasteiger partial charge in [-0.25, -0.2) is 9.97 Å². The van der Waals surface area contributed by atoms with Gasteiger partial charge in [0.25, 0.3) is 0 Å². The first-order valence-corrected chi connectivity index (χ1v) is 14.8. The molecule has 0 unspecified atom stereocenters. The predicted octanol–water partition coefficient (Wildman–Crippen LogP) is 10.5. The Morgan fingerprint density at radius 3 is 1.73 bits per heavy atom. The highest BCUT2D eigenvalue weighted by Crippen LogP contribution is 2.37. The minimum absolute atomic E-state index is 0.637. The van der Waals surface area contributed by atoms with Gasteiger partial charge in [0.05, 0.1) is 28.0 Å². The highest BCUT2D eigenvalue weighted by molar-refractivity contribution is 6.10. The van der Waals surface area contributed by atoms with Gasteiger partial charge in [0, 0.05) is 38.4 Å². The molecule has 6 aromatic carbocycles. The van der Waals surface area contributed by atoms with Crippen LogP contribution in [0.2, 0.25) is 0 Å². The number of aromatic nitrogens is 3. The van der Waals surface area contributed by atoms with Gasteiger partial charge in [-0.2, -0.15) is 0 Å². The second kappa shape index (κ2) is 9.79. The van der Waals surface area contributed by atoms with Crippen molar-refractivity contribution in [3.63, 3.8) is 0 Å². The van der Waals surface area contributed by atoms with Crippen molar-refractivity contribution >= 4 is 43.7 Å². The Morgan fingerprint density at radius 2 is 1.02 bits per heavy atom. The van der Waals surface area contributed by atoms with E-state index in [0.717, 1.165) is 55.7 Å². The van der Waals surface area contributed by atoms with Crippen LogP contribution >= 0.6 is 0 Å². The molecule has 3 aromatic heterocycles. The zero-order chi connectivity index (χ0) is 29.0. The zero-order valence-corrected chi connectivity index (χ0v) is 23.7. The molecule has 4 nitrogen and oxygen atoms in total. The maximum atomic E-state index is 6.37. The van der Waals surface area contributed by atoms with Crippen LogP contribution in [0.1, 0.15) is 0 Å². The van der Waals surface area contributed by atoms with Crippen molar-refractivity contribution in [1.82, 2.24) is 14.5 Å². The molecular weight excluding hydrogens is 538 g/mol. The Hall–Kier alpha value is -6.00. The molecule has 0 aliphatic carbocycles. The molecule has 0 bridgehead atoms. The van der Waals surface area contributed by atoms with E-state index in [4.69, 9.17) is 14.4 Å². The second-order valence-electron chi connectivity index (χ2n) is 11.0. The van der Waals surface area contributed by atoms with Crippen molar-refractivity contribution < 1.29 is 4.42 Å². The summed E-state index contributed by atoms with van der Waals surface area (Å²) in [6.45, 7) is 0. The third-order valence-electron chi connectivity index (χ3n) is 8.44. The average molecular weight is 564 g/mol. The summed E-state index contributed by atoms with van der Waals surface area (Å²) >= 11 is 0. The molecule has 44 heavy (non-hydrogen) atoms. The van der Waals surface area contributed by atoms with Crippen molar-refractivity contribution in [3.05, 3.63) is 152 Å². The standard InChI is InChI=1S/C40H25N3O/c1-2-11-26(12-3-1)34-25-35(42-40(41-34)33-17-10-16-32-31-15-6-9-20-38(31)44-39(32)33)27-21-23-28(24-22-27)43-36-18-7-4-13-29(36)30-14-5-8-19-37(30)43/h1-25H. The van der Waals surface area contributed by atoms with E-state index >= 15 is 0 Å². The molecule has 0 atom stereocenters. The number of furan rings is 1. The first kappa shape index (κ1) is 24.6. The quantitative estimate of drug-likeness (QED) is 0.214. The van der Waals surface area contributed by atoms with E-state index in [-0.39, 0.29) is 0 Å². The molecule has 206 valence electrons. The van der Waals surface area contributed by atoms with E-state index in [0.29, 0.717) is 5.82 Å². The molecule has 0 saturated heterocycles. The number of hydrogen-bond acceptors (Lipinski definition) is 3. The van der Waals surface area contributed by atoms with Crippen LogP contribution in [-0.4, -0.2) is 14.5 Å². The number of benzene rings is 6. The summed E-state index contributed by atoms with van der Waals surface area (Å²) in [5.74, 6) is 0.637. The maximum Gasteiger partial charge on any atom is 0.164 e. The summed E-state index contributed by atoms with van der Waals surface area (Å²) in [6.07, 6.45) is 0. The lowest BCUT2D eigenvalue weighted by Crippen LogP contribution is -1.97. The molecule has 0 aliphatic heterocycles. The van der Waals surface area contributed by atoms with Gasteiger partial charge in [-0.3, -0.25) is 0 Å². The highest BCUT2D eigenvalue weighted by Gasteiger charge is 2.17. The van der Waals surface area contributed by atoms with Gasteiger partial charge < -0.3 is 8.98 Å². The van der Waals surface area contributed by atoms with E-state index in [1.54, 1.807) is 0 Å². The Balaban J connectivity index is 1.22. The largest absolute Gasteiger partial charge is 0.455 e. The third kappa shape index (κ3) is 3.85. The van der Waals surface area contributed by atoms with Gasteiger partial charge in [-0.1, -0.05) is 109 Å². The van der Waals surface area contributed by atoms with Gasteiger partial charge >= 0.3 is 0 Å². The Kier molecular flexibility index (Phi) is 5.47. The molecule has 3 heterocycles. The van der Waals surface area contributed by atoms with Crippen molar-refractivity contribution in [3.8, 4) is 39.6 Å². The van der Waals surface area contributed by atoms with Crippen LogP contribution < -0.4 is 0 Å². The monoisotopic (exact) mass is 563 g/mol. The first-order valence-electron chi connectivity index (χ1n) is 14.8. The predicted molar refractivity (Wildman–Crippen MR) is 180 cm³/mol. The Bertz CT molecular complexity index is 2430. The van der Waals surface area contributed by atoms with Gasteiger partial charge in [-0.15, -0.1) is 0 Å². The van der Waals surface area contributed by atoms with Crippen molar-refractivity contribution in [1.29, 1.82) is 0 Å². The minimum Gasteiger partial charge on any atom is -0.455 e. The van der Waals surface area contributed by atoms with Crippen LogP contribution in [0.3, 0.4) is 0 Å². The average Bonchev–Trinajstić information content (AvgIpc) is 3.65. The summed E-state index contributed by atoms with van der Waals surface area (Å²) in [4.78, 5) is 10.2. The number of nitrogens with zero attached hydrogens (tertiary/aromatic N) is 3. The molecule has 4 heteroatoms. The summed E-state index contributed by atoms with van der Waals surface area (Å²) in [7, 11) is 0. The Morgan fingerprint density at radius 1 is 0.455 bits per heavy atom. The Labute approximate surface area is 253 Å². The first-order chi connectivity index (χ1) is 21.8. The molecule has 0 aliphatic rings. The summed E-state index contributed by atoms with van der Waals surface area (Å²) in [5.41, 5.74) is 9.80. The summed E-state index contributed by atoms with van der Waals surface area (Å²) < 4.78 is 8.70. The number of para-hydroxylation sites is 4. The van der Waals surface area contributed by atoms with Crippen LogP contribution in [0.25, 0.3) is 83.3 Å². The molecule has 0 amide bonds. The summed E-state index contributed by atoms with van der Waals surface area (Å²) in [6, 6.07) is 52.5. The van der Waals surface area contributed by atoms with Gasteiger partial charge in [-0.05, 0) is 42.5 Å². The molecule has 0 N–H and O–H groups in total. The fourth-order valence-corrected chi connectivity index (χ4v) is 6.38. The van der Waals surface area contributed by atoms with Gasteiger partial charge in [0.1, 0.15) is 11.2 Å². The highest BCUT2D eigenvalue weighted by atomic mass is 16.3. The van der Waals surface area contributed by atoms with Crippen LogP contribution in [0.15, 0.2) is 156 Å². The molecule has 0 spiro atoms. The topological polar surface area (TPSA) is 43.9 Å². The molecule has 0 fully saturated rings. The van der Waals surface area contributed by atoms with E-state index in [1.807, 2.05) is 42.5 Å². The number of hydrogen-bond donors (Lipinski definition) is 0. The lowest BCUT2D eigenvalue weighted by atomic mass is 10.0. The normalized spacial score (nSPS) is 11.6. The van der Waals surface area contributed by atoms with E-state index in [2.05, 4.69) is 114 Å². The smallest absolute Gasteiger partial charge is 0.164 e. The summed E-state index contributed by atoms with van der Waals surface area (Å²) in [5, 5.41) is 4.65. The van der Waals surface area contributed by atoms with Crippen LogP contribution in [0.4, 0.5) is 0 Å². The van der Waals surface area contributed by atoms with Crippen LogP contribution in [-0.2, 0) is 0 Å². The van der Waals surface area contributed by atoms with E-state index in [9.17, 15) is 0 Å². The molecular formula is C40H25N3O. The molecule has 0 radical (unpaired) electrons. The third-order valence-corrected chi connectivity index (χ3v) is 8.44. The lowest BCUT2D eigenvalue weighted by Gasteiger charge is -2.11. The van der Waals surface area contributed by atoms with Gasteiger partial charge in [0.2, 0.25) is 0 Å². The minimum atomic E-state index is 0.637. The van der Waals surface area contributed by atoms with Crippen molar-refractivity contribution in [2.24, 2.45) is 0 Å². The fourth-order valence-electron chi connectivity index (χ4n) is 6.38. The molecule has 0 saturated carbocycles. The fraction of sp³-hybridized carbons (Fsp3) is 0. The second-order valence-corrected chi connectivity index (χ2v) is 11.0. The van der Waals surface area contributed by atoms with Crippen molar-refractivity contribution in [2.75, 3.05) is 0 Å². The van der Waals surface area contributed by atoms with Gasteiger partial charge in [0.15, 0.2) is 5.82 Å². The zero-order valence-electron chi connectivity index (χ0n) is 23.7. The molecule has 9 rings (SSSR count). The lowest BCUT2D eigenvalue weighted by molar-refractivity contribution is 0.669.